The minimum absolute atomic E-state index is 0.452. The van der Waals surface area contributed by atoms with Gasteiger partial charge < -0.3 is 4.90 Å². The first-order valence-electron chi connectivity index (χ1n) is 3.49. The van der Waals surface area contributed by atoms with Crippen molar-refractivity contribution in [2.75, 3.05) is 7.05 Å². The number of pyridine rings is 1. The van der Waals surface area contributed by atoms with Gasteiger partial charge in [0.05, 0.1) is 0 Å². The van der Waals surface area contributed by atoms with Gasteiger partial charge in [0, 0.05) is 26.0 Å². The Balaban J connectivity index is 2.58. The van der Waals surface area contributed by atoms with Gasteiger partial charge in [-0.05, 0) is 29.3 Å². The summed E-state index contributed by atoms with van der Waals surface area (Å²) < 4.78 is 0. The zero-order valence-corrected chi connectivity index (χ0v) is 7.45. The van der Waals surface area contributed by atoms with Crippen LogP contribution >= 0.6 is 11.6 Å². The molecule has 1 heterocycles. The standard InChI is InChI=1S/C8H9ClN2O/c1-11(8(9)12)6-7-2-4-10-5-3-7/h2-5H,6H2,1H3. The van der Waals surface area contributed by atoms with Crippen LogP contribution in [0.3, 0.4) is 0 Å². The van der Waals surface area contributed by atoms with E-state index in [9.17, 15) is 4.79 Å². The molecule has 4 heteroatoms. The predicted octanol–water partition coefficient (Wildman–Crippen LogP) is 1.87. The molecule has 12 heavy (non-hydrogen) atoms. The van der Waals surface area contributed by atoms with Gasteiger partial charge in [-0.3, -0.25) is 9.78 Å². The van der Waals surface area contributed by atoms with Gasteiger partial charge in [-0.1, -0.05) is 0 Å². The second-order valence-corrected chi connectivity index (χ2v) is 2.79. The van der Waals surface area contributed by atoms with Crippen molar-refractivity contribution in [2.45, 2.75) is 6.54 Å². The molecule has 1 amide bonds. The minimum Gasteiger partial charge on any atom is -0.328 e. The maximum Gasteiger partial charge on any atom is 0.316 e. The molecule has 0 aliphatic heterocycles. The van der Waals surface area contributed by atoms with E-state index >= 15 is 0 Å². The number of nitrogens with zero attached hydrogens (tertiary/aromatic N) is 2. The van der Waals surface area contributed by atoms with Crippen molar-refractivity contribution in [2.24, 2.45) is 0 Å². The summed E-state index contributed by atoms with van der Waals surface area (Å²) in [5.41, 5.74) is 1.02. The van der Waals surface area contributed by atoms with Crippen LogP contribution < -0.4 is 0 Å². The molecule has 0 aliphatic carbocycles. The van der Waals surface area contributed by atoms with Crippen LogP contribution in [0.25, 0.3) is 0 Å². The Morgan fingerprint density at radius 2 is 2.17 bits per heavy atom. The summed E-state index contributed by atoms with van der Waals surface area (Å²) in [6, 6.07) is 3.69. The molecule has 0 aliphatic rings. The summed E-state index contributed by atoms with van der Waals surface area (Å²) in [5.74, 6) is 0. The third-order valence-corrected chi connectivity index (χ3v) is 1.76. The highest BCUT2D eigenvalue weighted by molar-refractivity contribution is 6.62. The van der Waals surface area contributed by atoms with Crippen LogP contribution in [0.5, 0.6) is 0 Å². The molecular weight excluding hydrogens is 176 g/mol. The van der Waals surface area contributed by atoms with Gasteiger partial charge in [0.1, 0.15) is 0 Å². The number of amides is 1. The number of hydrogen-bond acceptors (Lipinski definition) is 2. The maximum atomic E-state index is 10.6. The summed E-state index contributed by atoms with van der Waals surface area (Å²) in [6.45, 7) is 0.519. The first-order chi connectivity index (χ1) is 5.70. The van der Waals surface area contributed by atoms with E-state index in [0.29, 0.717) is 6.54 Å². The Bertz CT molecular complexity index is 263. The second kappa shape index (κ2) is 4.07. The van der Waals surface area contributed by atoms with Crippen molar-refractivity contribution in [3.8, 4) is 0 Å². The SMILES string of the molecule is CN(Cc1ccncc1)C(=O)Cl. The fraction of sp³-hybridized carbons (Fsp3) is 0.250. The van der Waals surface area contributed by atoms with Gasteiger partial charge in [0.15, 0.2) is 0 Å². The largest absolute Gasteiger partial charge is 0.328 e. The zero-order valence-electron chi connectivity index (χ0n) is 6.70. The topological polar surface area (TPSA) is 33.2 Å². The average Bonchev–Trinajstić information content (AvgIpc) is 2.06. The van der Waals surface area contributed by atoms with Crippen LogP contribution in [0.4, 0.5) is 4.79 Å². The highest BCUT2D eigenvalue weighted by Gasteiger charge is 2.03. The molecule has 0 atom stereocenters. The smallest absolute Gasteiger partial charge is 0.316 e. The first-order valence-corrected chi connectivity index (χ1v) is 3.87. The molecular formula is C8H9ClN2O. The number of halogens is 1. The van der Waals surface area contributed by atoms with Crippen LogP contribution in [-0.2, 0) is 6.54 Å². The third-order valence-electron chi connectivity index (χ3n) is 1.47. The Labute approximate surface area is 76.0 Å². The minimum atomic E-state index is -0.452. The molecule has 3 nitrogen and oxygen atoms in total. The molecule has 0 aromatic carbocycles. The molecule has 0 saturated heterocycles. The summed E-state index contributed by atoms with van der Waals surface area (Å²) in [4.78, 5) is 15.9. The van der Waals surface area contributed by atoms with E-state index in [4.69, 9.17) is 11.6 Å². The number of aromatic nitrogens is 1. The molecule has 0 radical (unpaired) electrons. The van der Waals surface area contributed by atoms with Crippen molar-refractivity contribution in [1.82, 2.24) is 9.88 Å². The van der Waals surface area contributed by atoms with E-state index in [-0.39, 0.29) is 0 Å². The van der Waals surface area contributed by atoms with Crippen molar-refractivity contribution in [3.05, 3.63) is 30.1 Å². The Morgan fingerprint density at radius 3 is 2.67 bits per heavy atom. The van der Waals surface area contributed by atoms with Crippen LogP contribution in [0.1, 0.15) is 5.56 Å². The molecule has 0 unspecified atom stereocenters. The zero-order chi connectivity index (χ0) is 8.97. The van der Waals surface area contributed by atoms with Gasteiger partial charge in [-0.15, -0.1) is 0 Å². The van der Waals surface area contributed by atoms with Crippen molar-refractivity contribution >= 4 is 17.0 Å². The van der Waals surface area contributed by atoms with Crippen LogP contribution in [0, 0.1) is 0 Å². The van der Waals surface area contributed by atoms with Gasteiger partial charge in [0.25, 0.3) is 0 Å². The molecule has 0 spiro atoms. The highest BCUT2D eigenvalue weighted by atomic mass is 35.5. The lowest BCUT2D eigenvalue weighted by Crippen LogP contribution is -2.19. The normalized spacial score (nSPS) is 9.50. The van der Waals surface area contributed by atoms with Crippen LogP contribution in [0.15, 0.2) is 24.5 Å². The Morgan fingerprint density at radius 1 is 1.58 bits per heavy atom. The van der Waals surface area contributed by atoms with Crippen molar-refractivity contribution < 1.29 is 4.79 Å². The second-order valence-electron chi connectivity index (χ2n) is 2.46. The highest BCUT2D eigenvalue weighted by Crippen LogP contribution is 2.02. The van der Waals surface area contributed by atoms with Crippen molar-refractivity contribution in [1.29, 1.82) is 0 Å². The van der Waals surface area contributed by atoms with E-state index in [2.05, 4.69) is 4.98 Å². The average molecular weight is 185 g/mol. The summed E-state index contributed by atoms with van der Waals surface area (Å²) in [6.07, 6.45) is 3.36. The first kappa shape index (κ1) is 9.00. The van der Waals surface area contributed by atoms with Gasteiger partial charge >= 0.3 is 5.37 Å². The molecule has 0 N–H and O–H groups in total. The Kier molecular flexibility index (Phi) is 3.05. The molecule has 1 aromatic heterocycles. The van der Waals surface area contributed by atoms with Crippen LogP contribution in [0.2, 0.25) is 0 Å². The van der Waals surface area contributed by atoms with E-state index in [1.807, 2.05) is 12.1 Å². The van der Waals surface area contributed by atoms with Crippen molar-refractivity contribution in [3.63, 3.8) is 0 Å². The number of carbonyl (C=O) groups is 1. The molecule has 0 fully saturated rings. The lowest BCUT2D eigenvalue weighted by molar-refractivity contribution is 0.230. The van der Waals surface area contributed by atoms with E-state index in [0.717, 1.165) is 5.56 Å². The maximum absolute atomic E-state index is 10.6. The molecule has 0 bridgehead atoms. The Hall–Kier alpha value is -1.09. The fourth-order valence-corrected chi connectivity index (χ4v) is 0.884. The van der Waals surface area contributed by atoms with Gasteiger partial charge in [-0.2, -0.15) is 0 Å². The summed E-state index contributed by atoms with van der Waals surface area (Å²) >= 11 is 5.25. The third kappa shape index (κ3) is 2.51. The van der Waals surface area contributed by atoms with Gasteiger partial charge in [0.2, 0.25) is 0 Å². The fourth-order valence-electron chi connectivity index (χ4n) is 0.824. The lowest BCUT2D eigenvalue weighted by atomic mass is 10.2. The van der Waals surface area contributed by atoms with Crippen LogP contribution in [-0.4, -0.2) is 22.3 Å². The molecule has 64 valence electrons. The number of carbonyl (C=O) groups excluding carboxylic acids is 1. The predicted molar refractivity (Wildman–Crippen MR) is 47.0 cm³/mol. The quantitative estimate of drug-likeness (QED) is 0.519. The molecule has 0 saturated carbocycles. The van der Waals surface area contributed by atoms with E-state index in [1.165, 1.54) is 4.90 Å². The summed E-state index contributed by atoms with van der Waals surface area (Å²) in [5, 5.41) is -0.452. The number of hydrogen-bond donors (Lipinski definition) is 0. The lowest BCUT2D eigenvalue weighted by Gasteiger charge is -2.12. The number of rotatable bonds is 2. The monoisotopic (exact) mass is 184 g/mol. The van der Waals surface area contributed by atoms with E-state index < -0.39 is 5.37 Å². The summed E-state index contributed by atoms with van der Waals surface area (Å²) in [7, 11) is 1.65. The van der Waals surface area contributed by atoms with E-state index in [1.54, 1.807) is 19.4 Å². The molecule has 1 rings (SSSR count). The van der Waals surface area contributed by atoms with Gasteiger partial charge in [-0.25, -0.2) is 0 Å². The molecule has 1 aromatic rings.